The third-order valence-corrected chi connectivity index (χ3v) is 0.833. The second-order valence-electron chi connectivity index (χ2n) is 1.74. The molecule has 0 unspecified atom stereocenters. The minimum absolute atomic E-state index is 0.0681. The number of hydrogen-bond acceptors (Lipinski definition) is 4. The van der Waals surface area contributed by atoms with Crippen LogP contribution in [0, 0.1) is 0 Å². The minimum Gasteiger partial charge on any atom is -0.384 e. The third-order valence-electron chi connectivity index (χ3n) is 0.833. The standard InChI is InChI=1S/C8H8O4/c1-2-3-4-5-7(10)12-8(11)6-9/h2-6H,1H3/b3-2+,5-4+. The van der Waals surface area contributed by atoms with E-state index in [4.69, 9.17) is 0 Å². The SMILES string of the molecule is C/C=C/C=C/C(=O)OC(=O)C=O. The average Bonchev–Trinajstić information content (AvgIpc) is 2.05. The maximum absolute atomic E-state index is 10.6. The summed E-state index contributed by atoms with van der Waals surface area (Å²) in [6.07, 6.45) is 5.67. The van der Waals surface area contributed by atoms with Crippen LogP contribution in [0.2, 0.25) is 0 Å². The van der Waals surface area contributed by atoms with Gasteiger partial charge in [-0.25, -0.2) is 9.59 Å². The second-order valence-corrected chi connectivity index (χ2v) is 1.74. The van der Waals surface area contributed by atoms with E-state index < -0.39 is 11.9 Å². The molecule has 0 heterocycles. The van der Waals surface area contributed by atoms with Crippen molar-refractivity contribution in [2.75, 3.05) is 0 Å². The van der Waals surface area contributed by atoms with Gasteiger partial charge in [-0.2, -0.15) is 0 Å². The number of carbonyl (C=O) groups excluding carboxylic acids is 3. The summed E-state index contributed by atoms with van der Waals surface area (Å²) in [4.78, 5) is 30.5. The number of rotatable bonds is 3. The van der Waals surface area contributed by atoms with Gasteiger partial charge in [-0.05, 0) is 6.92 Å². The van der Waals surface area contributed by atoms with Crippen molar-refractivity contribution in [1.29, 1.82) is 0 Å². The van der Waals surface area contributed by atoms with Gasteiger partial charge in [0.15, 0.2) is 0 Å². The molecule has 0 rings (SSSR count). The molecule has 0 saturated carbocycles. The van der Waals surface area contributed by atoms with Crippen molar-refractivity contribution in [3.8, 4) is 0 Å². The monoisotopic (exact) mass is 168 g/mol. The molecule has 4 nitrogen and oxygen atoms in total. The van der Waals surface area contributed by atoms with E-state index in [0.717, 1.165) is 6.08 Å². The highest BCUT2D eigenvalue weighted by Crippen LogP contribution is 1.82. The number of allylic oxidation sites excluding steroid dienone is 3. The molecule has 0 aromatic heterocycles. The summed E-state index contributed by atoms with van der Waals surface area (Å²) in [5, 5.41) is 0. The molecule has 12 heavy (non-hydrogen) atoms. The van der Waals surface area contributed by atoms with Crippen molar-refractivity contribution in [1.82, 2.24) is 0 Å². The fourth-order valence-electron chi connectivity index (χ4n) is 0.402. The highest BCUT2D eigenvalue weighted by atomic mass is 16.6. The minimum atomic E-state index is -1.19. The van der Waals surface area contributed by atoms with Gasteiger partial charge in [0.05, 0.1) is 0 Å². The quantitative estimate of drug-likeness (QED) is 0.153. The van der Waals surface area contributed by atoms with Gasteiger partial charge in [0, 0.05) is 6.08 Å². The van der Waals surface area contributed by atoms with Crippen molar-refractivity contribution in [2.45, 2.75) is 6.92 Å². The van der Waals surface area contributed by atoms with Crippen molar-refractivity contribution >= 4 is 18.2 Å². The lowest BCUT2D eigenvalue weighted by molar-refractivity contribution is -0.158. The number of hydrogen-bond donors (Lipinski definition) is 0. The lowest BCUT2D eigenvalue weighted by Crippen LogP contribution is -2.10. The molecule has 0 aromatic rings. The molecular weight excluding hydrogens is 160 g/mol. The normalized spacial score (nSPS) is 10.4. The first-order valence-corrected chi connectivity index (χ1v) is 3.21. The first-order valence-electron chi connectivity index (χ1n) is 3.21. The molecule has 0 spiro atoms. The van der Waals surface area contributed by atoms with Crippen LogP contribution in [0.4, 0.5) is 0 Å². The molecule has 0 aliphatic carbocycles. The lowest BCUT2D eigenvalue weighted by Gasteiger charge is -1.89. The molecule has 0 atom stereocenters. The van der Waals surface area contributed by atoms with E-state index in [2.05, 4.69) is 4.74 Å². The van der Waals surface area contributed by atoms with Crippen molar-refractivity contribution in [3.63, 3.8) is 0 Å². The molecular formula is C8H8O4. The molecule has 64 valence electrons. The van der Waals surface area contributed by atoms with Crippen molar-refractivity contribution in [3.05, 3.63) is 24.3 Å². The summed E-state index contributed by atoms with van der Waals surface area (Å²) in [7, 11) is 0. The molecule has 0 aliphatic rings. The Morgan fingerprint density at radius 1 is 1.17 bits per heavy atom. The highest BCUT2D eigenvalue weighted by Gasteiger charge is 2.03. The second kappa shape index (κ2) is 6.03. The molecule has 0 bridgehead atoms. The summed E-state index contributed by atoms with van der Waals surface area (Å²) in [5.41, 5.74) is 0. The number of esters is 2. The van der Waals surface area contributed by atoms with Crippen LogP contribution in [-0.4, -0.2) is 18.2 Å². The van der Waals surface area contributed by atoms with Gasteiger partial charge in [-0.15, -0.1) is 0 Å². The van der Waals surface area contributed by atoms with Gasteiger partial charge in [0.1, 0.15) is 0 Å². The third kappa shape index (κ3) is 5.10. The Morgan fingerprint density at radius 3 is 2.33 bits per heavy atom. The largest absolute Gasteiger partial charge is 0.384 e. The van der Waals surface area contributed by atoms with Gasteiger partial charge in [0.25, 0.3) is 0 Å². The van der Waals surface area contributed by atoms with Crippen LogP contribution in [0.3, 0.4) is 0 Å². The Hall–Kier alpha value is -1.71. The first kappa shape index (κ1) is 10.3. The average molecular weight is 168 g/mol. The van der Waals surface area contributed by atoms with Gasteiger partial charge in [-0.1, -0.05) is 18.2 Å². The van der Waals surface area contributed by atoms with E-state index >= 15 is 0 Å². The molecule has 4 heteroatoms. The van der Waals surface area contributed by atoms with Gasteiger partial charge in [-0.3, -0.25) is 4.79 Å². The topological polar surface area (TPSA) is 60.4 Å². The van der Waals surface area contributed by atoms with Crippen LogP contribution in [0.1, 0.15) is 6.92 Å². The Balaban J connectivity index is 3.89. The van der Waals surface area contributed by atoms with E-state index in [1.807, 2.05) is 0 Å². The molecule has 0 aromatic carbocycles. The lowest BCUT2D eigenvalue weighted by atomic mass is 10.4. The molecule has 0 radical (unpaired) electrons. The van der Waals surface area contributed by atoms with Gasteiger partial charge < -0.3 is 4.74 Å². The molecule has 0 saturated heterocycles. The Bertz CT molecular complexity index is 237. The smallest absolute Gasteiger partial charge is 0.379 e. The maximum atomic E-state index is 10.6. The molecule has 0 aliphatic heterocycles. The zero-order chi connectivity index (χ0) is 9.40. The summed E-state index contributed by atoms with van der Waals surface area (Å²) in [6.45, 7) is 1.77. The van der Waals surface area contributed by atoms with Crippen LogP contribution in [-0.2, 0) is 19.1 Å². The summed E-state index contributed by atoms with van der Waals surface area (Å²) in [5.74, 6) is -2.05. The van der Waals surface area contributed by atoms with Gasteiger partial charge >= 0.3 is 11.9 Å². The summed E-state index contributed by atoms with van der Waals surface area (Å²) < 4.78 is 3.98. The molecule has 0 amide bonds. The van der Waals surface area contributed by atoms with Crippen LogP contribution in [0.25, 0.3) is 0 Å². The summed E-state index contributed by atoms with van der Waals surface area (Å²) in [6, 6.07) is 0. The molecule has 0 N–H and O–H groups in total. The van der Waals surface area contributed by atoms with E-state index in [-0.39, 0.29) is 6.29 Å². The van der Waals surface area contributed by atoms with Crippen LogP contribution < -0.4 is 0 Å². The maximum Gasteiger partial charge on any atom is 0.379 e. The molecule has 0 fully saturated rings. The Kier molecular flexibility index (Phi) is 5.17. The Labute approximate surface area is 69.5 Å². The van der Waals surface area contributed by atoms with Crippen LogP contribution >= 0.6 is 0 Å². The fraction of sp³-hybridized carbons (Fsp3) is 0.125. The van der Waals surface area contributed by atoms with E-state index in [0.29, 0.717) is 0 Å². The zero-order valence-electron chi connectivity index (χ0n) is 6.52. The van der Waals surface area contributed by atoms with Crippen LogP contribution in [0.15, 0.2) is 24.3 Å². The van der Waals surface area contributed by atoms with E-state index in [1.165, 1.54) is 6.08 Å². The van der Waals surface area contributed by atoms with Crippen molar-refractivity contribution < 1.29 is 19.1 Å². The summed E-state index contributed by atoms with van der Waals surface area (Å²) >= 11 is 0. The predicted octanol–water partition coefficient (Wildman–Crippen LogP) is 0.387. The number of carbonyl (C=O) groups is 3. The predicted molar refractivity (Wildman–Crippen MR) is 41.1 cm³/mol. The fourth-order valence-corrected chi connectivity index (χ4v) is 0.402. The van der Waals surface area contributed by atoms with E-state index in [1.54, 1.807) is 19.1 Å². The van der Waals surface area contributed by atoms with E-state index in [9.17, 15) is 14.4 Å². The zero-order valence-corrected chi connectivity index (χ0v) is 6.52. The van der Waals surface area contributed by atoms with Gasteiger partial charge in [0.2, 0.25) is 6.29 Å². The van der Waals surface area contributed by atoms with Crippen molar-refractivity contribution in [2.24, 2.45) is 0 Å². The number of ether oxygens (including phenoxy) is 1. The Morgan fingerprint density at radius 2 is 1.83 bits per heavy atom. The van der Waals surface area contributed by atoms with Crippen LogP contribution in [0.5, 0.6) is 0 Å². The first-order chi connectivity index (χ1) is 5.70. The number of aldehydes is 1. The highest BCUT2D eigenvalue weighted by molar-refractivity contribution is 6.23.